The van der Waals surface area contributed by atoms with Gasteiger partial charge in [-0.15, -0.1) is 0 Å². The number of carboxylic acids is 1. The standard InChI is InChI=1S/C22H11Cl2F3N2O4/c23-13-6-12(7-14(24)9-13)18-5-4-16(33-18)10-17-19(22(25,26)27)28-29(20(17)30)15-3-1-2-11(8-15)21(31)32/h1-10H,(H,31,32)/p-1/b17-10-. The number of hydrogen-bond acceptors (Lipinski definition) is 5. The van der Waals surface area contributed by atoms with Crippen LogP contribution in [0.3, 0.4) is 0 Å². The highest BCUT2D eigenvalue weighted by Gasteiger charge is 2.47. The third-order valence-electron chi connectivity index (χ3n) is 4.53. The minimum absolute atomic E-state index is 0.0493. The summed E-state index contributed by atoms with van der Waals surface area (Å²) in [7, 11) is 0. The lowest BCUT2D eigenvalue weighted by molar-refractivity contribution is -0.255. The van der Waals surface area contributed by atoms with Crippen LogP contribution in [0.4, 0.5) is 18.9 Å². The molecule has 0 spiro atoms. The molecule has 1 aromatic heterocycles. The van der Waals surface area contributed by atoms with E-state index in [1.54, 1.807) is 12.1 Å². The SMILES string of the molecule is O=C([O-])c1cccc(N2N=C(C(F)(F)F)/C(=C/c3ccc(-c4cc(Cl)cc(Cl)c4)o3)C2=O)c1. The number of benzene rings is 2. The Bertz CT molecular complexity index is 1330. The second-order valence-corrected chi connectivity index (χ2v) is 7.69. The van der Waals surface area contributed by atoms with Crippen molar-refractivity contribution in [3.63, 3.8) is 0 Å². The molecule has 0 atom stereocenters. The van der Waals surface area contributed by atoms with Gasteiger partial charge in [-0.2, -0.15) is 23.3 Å². The van der Waals surface area contributed by atoms with Crippen LogP contribution in [-0.2, 0) is 4.79 Å². The van der Waals surface area contributed by atoms with Gasteiger partial charge in [0.25, 0.3) is 5.91 Å². The third kappa shape index (κ3) is 4.64. The van der Waals surface area contributed by atoms with E-state index in [1.807, 2.05) is 0 Å². The summed E-state index contributed by atoms with van der Waals surface area (Å²) < 4.78 is 46.5. The number of alkyl halides is 3. The quantitative estimate of drug-likeness (QED) is 0.480. The van der Waals surface area contributed by atoms with Crippen molar-refractivity contribution in [2.45, 2.75) is 6.18 Å². The Morgan fingerprint density at radius 1 is 1.06 bits per heavy atom. The largest absolute Gasteiger partial charge is 0.545 e. The smallest absolute Gasteiger partial charge is 0.435 e. The molecule has 0 fully saturated rings. The second kappa shape index (κ2) is 8.42. The van der Waals surface area contributed by atoms with Crippen LogP contribution in [0.2, 0.25) is 10.0 Å². The Kier molecular flexibility index (Phi) is 5.77. The molecule has 2 aromatic carbocycles. The van der Waals surface area contributed by atoms with Crippen LogP contribution in [0.15, 0.2) is 69.7 Å². The lowest BCUT2D eigenvalue weighted by atomic mass is 10.1. The van der Waals surface area contributed by atoms with Gasteiger partial charge in [0.1, 0.15) is 11.5 Å². The number of amides is 1. The number of carbonyl (C=O) groups is 2. The molecule has 3 aromatic rings. The molecule has 0 saturated carbocycles. The average molecular weight is 494 g/mol. The molecule has 6 nitrogen and oxygen atoms in total. The van der Waals surface area contributed by atoms with E-state index in [0.29, 0.717) is 20.6 Å². The highest BCUT2D eigenvalue weighted by atomic mass is 35.5. The van der Waals surface area contributed by atoms with Gasteiger partial charge in [-0.05, 0) is 54.1 Å². The molecule has 33 heavy (non-hydrogen) atoms. The van der Waals surface area contributed by atoms with Gasteiger partial charge < -0.3 is 14.3 Å². The fraction of sp³-hybridized carbons (Fsp3) is 0.0455. The van der Waals surface area contributed by atoms with Crippen molar-refractivity contribution in [2.75, 3.05) is 5.01 Å². The van der Waals surface area contributed by atoms with Crippen molar-refractivity contribution in [3.05, 3.63) is 81.5 Å². The number of hydrogen-bond donors (Lipinski definition) is 0. The molecule has 11 heteroatoms. The molecule has 0 unspecified atom stereocenters. The van der Waals surface area contributed by atoms with Crippen molar-refractivity contribution in [1.82, 2.24) is 0 Å². The van der Waals surface area contributed by atoms with Crippen molar-refractivity contribution in [3.8, 4) is 11.3 Å². The van der Waals surface area contributed by atoms with Gasteiger partial charge in [-0.25, -0.2) is 0 Å². The van der Waals surface area contributed by atoms with E-state index < -0.39 is 29.3 Å². The molecule has 0 bridgehead atoms. The van der Waals surface area contributed by atoms with Crippen LogP contribution in [-0.4, -0.2) is 23.8 Å². The Balaban J connectivity index is 1.73. The number of anilines is 1. The number of hydrazone groups is 1. The van der Waals surface area contributed by atoms with Gasteiger partial charge in [0.15, 0.2) is 5.71 Å². The molecular weight excluding hydrogens is 484 g/mol. The maximum absolute atomic E-state index is 13.6. The van der Waals surface area contributed by atoms with Crippen LogP contribution in [0, 0.1) is 0 Å². The highest BCUT2D eigenvalue weighted by molar-refractivity contribution is 6.35. The number of halogens is 5. The first-order valence-electron chi connectivity index (χ1n) is 9.13. The van der Waals surface area contributed by atoms with E-state index in [9.17, 15) is 27.9 Å². The van der Waals surface area contributed by atoms with E-state index in [4.69, 9.17) is 27.6 Å². The number of nitrogens with zero attached hydrogens (tertiary/aromatic N) is 2. The highest BCUT2D eigenvalue weighted by Crippen LogP contribution is 2.34. The van der Waals surface area contributed by atoms with Gasteiger partial charge >= 0.3 is 6.18 Å². The van der Waals surface area contributed by atoms with Gasteiger partial charge in [0, 0.05) is 15.6 Å². The van der Waals surface area contributed by atoms with Crippen LogP contribution in [0.5, 0.6) is 0 Å². The molecule has 1 amide bonds. The van der Waals surface area contributed by atoms with Crippen molar-refractivity contribution in [1.29, 1.82) is 0 Å². The maximum atomic E-state index is 13.6. The molecule has 1 aliphatic heterocycles. The zero-order valence-electron chi connectivity index (χ0n) is 16.2. The first-order valence-corrected chi connectivity index (χ1v) is 9.88. The summed E-state index contributed by atoms with van der Waals surface area (Å²) in [4.78, 5) is 23.9. The number of rotatable bonds is 4. The van der Waals surface area contributed by atoms with Crippen LogP contribution < -0.4 is 10.1 Å². The summed E-state index contributed by atoms with van der Waals surface area (Å²) in [6.45, 7) is 0. The predicted octanol–water partition coefficient (Wildman–Crippen LogP) is 4.97. The Hall–Kier alpha value is -3.56. The number of carbonyl (C=O) groups excluding carboxylic acids is 2. The Labute approximate surface area is 194 Å². The van der Waals surface area contributed by atoms with Gasteiger partial charge in [0.2, 0.25) is 0 Å². The van der Waals surface area contributed by atoms with Gasteiger partial charge in [0.05, 0.1) is 17.2 Å². The Morgan fingerprint density at radius 3 is 2.39 bits per heavy atom. The fourth-order valence-corrected chi connectivity index (χ4v) is 3.64. The molecule has 168 valence electrons. The van der Waals surface area contributed by atoms with E-state index >= 15 is 0 Å². The normalized spacial score (nSPS) is 15.3. The minimum Gasteiger partial charge on any atom is -0.545 e. The number of furan rings is 1. The predicted molar refractivity (Wildman–Crippen MR) is 114 cm³/mol. The van der Waals surface area contributed by atoms with Crippen molar-refractivity contribution < 1.29 is 32.3 Å². The fourth-order valence-electron chi connectivity index (χ4n) is 3.12. The van der Waals surface area contributed by atoms with Crippen LogP contribution >= 0.6 is 23.2 Å². The second-order valence-electron chi connectivity index (χ2n) is 6.82. The molecule has 1 aliphatic rings. The van der Waals surface area contributed by atoms with Crippen LogP contribution in [0.1, 0.15) is 16.1 Å². The molecule has 0 saturated heterocycles. The average Bonchev–Trinajstić information content (AvgIpc) is 3.33. The first-order chi connectivity index (χ1) is 15.5. The summed E-state index contributed by atoms with van der Waals surface area (Å²) in [5.41, 5.74) is -2.22. The lowest BCUT2D eigenvalue weighted by Gasteiger charge is -2.13. The van der Waals surface area contributed by atoms with Crippen LogP contribution in [0.25, 0.3) is 17.4 Å². The van der Waals surface area contributed by atoms with Gasteiger partial charge in [-0.3, -0.25) is 4.79 Å². The molecule has 2 heterocycles. The first kappa shape index (κ1) is 22.6. The van der Waals surface area contributed by atoms with E-state index in [-0.39, 0.29) is 22.8 Å². The third-order valence-corrected chi connectivity index (χ3v) is 4.97. The van der Waals surface area contributed by atoms with Gasteiger partial charge in [-0.1, -0.05) is 35.3 Å². The van der Waals surface area contributed by atoms with E-state index in [2.05, 4.69) is 5.10 Å². The summed E-state index contributed by atoms with van der Waals surface area (Å²) >= 11 is 11.9. The lowest BCUT2D eigenvalue weighted by Crippen LogP contribution is -2.26. The zero-order valence-corrected chi connectivity index (χ0v) is 17.7. The number of aromatic carboxylic acids is 1. The molecular formula is C22H10Cl2F3N2O4-. The molecule has 0 N–H and O–H groups in total. The molecule has 0 radical (unpaired) electrons. The summed E-state index contributed by atoms with van der Waals surface area (Å²) in [6, 6.07) is 12.1. The van der Waals surface area contributed by atoms with Crippen molar-refractivity contribution >= 4 is 52.6 Å². The molecule has 0 aliphatic carbocycles. The maximum Gasteiger partial charge on any atom is 0.435 e. The van der Waals surface area contributed by atoms with E-state index in [1.165, 1.54) is 36.4 Å². The van der Waals surface area contributed by atoms with E-state index in [0.717, 1.165) is 12.1 Å². The summed E-state index contributed by atoms with van der Waals surface area (Å²) in [5, 5.41) is 15.6. The number of carboxylic acid groups (broad SMARTS) is 1. The van der Waals surface area contributed by atoms with Crippen molar-refractivity contribution in [2.24, 2.45) is 5.10 Å². The minimum atomic E-state index is -4.96. The molecule has 4 rings (SSSR count). The zero-order chi connectivity index (χ0) is 23.9. The Morgan fingerprint density at radius 2 is 1.76 bits per heavy atom. The summed E-state index contributed by atoms with van der Waals surface area (Å²) in [5.74, 6) is -2.45. The monoisotopic (exact) mass is 493 g/mol. The summed E-state index contributed by atoms with van der Waals surface area (Å²) in [6.07, 6.45) is -4.05. The topological polar surface area (TPSA) is 85.9 Å².